The maximum absolute atomic E-state index is 6.18. The molecule has 152 valence electrons. The Kier molecular flexibility index (Phi) is 6.77. The van der Waals surface area contributed by atoms with Crippen molar-refractivity contribution in [1.82, 2.24) is 0 Å². The van der Waals surface area contributed by atoms with Gasteiger partial charge in [-0.3, -0.25) is 0 Å². The van der Waals surface area contributed by atoms with Gasteiger partial charge < -0.3 is 23.4 Å². The lowest BCUT2D eigenvalue weighted by Crippen LogP contribution is -2.42. The number of rotatable bonds is 8. The minimum atomic E-state index is -1.72. The summed E-state index contributed by atoms with van der Waals surface area (Å²) in [5, 5.41) is 0.215. The molecular weight excluding hydrogens is 360 g/mol. The molecule has 5 nitrogen and oxygen atoms in total. The summed E-state index contributed by atoms with van der Waals surface area (Å²) in [7, 11) is -1.72. The fourth-order valence-electron chi connectivity index (χ4n) is 3.21. The first-order valence-corrected chi connectivity index (χ1v) is 12.8. The summed E-state index contributed by atoms with van der Waals surface area (Å²) in [5.74, 6) is 0. The molecule has 0 N–H and O–H groups in total. The second-order valence-corrected chi connectivity index (χ2v) is 13.8. The van der Waals surface area contributed by atoms with Gasteiger partial charge in [-0.15, -0.1) is 0 Å². The quantitative estimate of drug-likeness (QED) is 0.496. The molecule has 1 aromatic rings. The highest BCUT2D eigenvalue weighted by Gasteiger charge is 2.49. The van der Waals surface area contributed by atoms with Crippen LogP contribution in [0.25, 0.3) is 0 Å². The standard InChI is InChI=1S/C21H34O5Si/c1-21(2,3)27(4,5)26-12-11-22-17-14-24-20-18(15-25-19(17)20)23-13-16-9-7-6-8-10-16/h6-10,17-20H,11-15H2,1-5H3/t17-,18+,19+,20+/m0/s1. The number of benzene rings is 1. The zero-order chi connectivity index (χ0) is 19.5. The van der Waals surface area contributed by atoms with Crippen molar-refractivity contribution >= 4 is 8.32 Å². The van der Waals surface area contributed by atoms with E-state index in [0.717, 1.165) is 5.56 Å². The van der Waals surface area contributed by atoms with Gasteiger partial charge in [0.25, 0.3) is 0 Å². The molecule has 27 heavy (non-hydrogen) atoms. The van der Waals surface area contributed by atoms with Crippen molar-refractivity contribution in [3.8, 4) is 0 Å². The molecule has 0 aliphatic carbocycles. The molecule has 0 radical (unpaired) electrons. The van der Waals surface area contributed by atoms with Gasteiger partial charge in [0.2, 0.25) is 0 Å². The van der Waals surface area contributed by atoms with Crippen LogP contribution in [0.3, 0.4) is 0 Å². The van der Waals surface area contributed by atoms with E-state index in [-0.39, 0.29) is 29.5 Å². The van der Waals surface area contributed by atoms with Crippen LogP contribution in [0.4, 0.5) is 0 Å². The van der Waals surface area contributed by atoms with E-state index in [0.29, 0.717) is 33.0 Å². The first-order valence-electron chi connectivity index (χ1n) is 9.92. The van der Waals surface area contributed by atoms with Crippen molar-refractivity contribution in [2.75, 3.05) is 26.4 Å². The van der Waals surface area contributed by atoms with Gasteiger partial charge in [0.05, 0.1) is 33.0 Å². The van der Waals surface area contributed by atoms with Crippen LogP contribution in [0.2, 0.25) is 18.1 Å². The van der Waals surface area contributed by atoms with Crippen molar-refractivity contribution in [3.63, 3.8) is 0 Å². The highest BCUT2D eigenvalue weighted by atomic mass is 28.4. The lowest BCUT2D eigenvalue weighted by molar-refractivity contribution is -0.0579. The Morgan fingerprint density at radius 1 is 0.926 bits per heavy atom. The molecule has 0 unspecified atom stereocenters. The topological polar surface area (TPSA) is 46.2 Å². The van der Waals surface area contributed by atoms with Crippen molar-refractivity contribution in [2.45, 2.75) is 69.9 Å². The summed E-state index contributed by atoms with van der Waals surface area (Å²) < 4.78 is 30.1. The molecule has 4 atom stereocenters. The molecule has 0 spiro atoms. The van der Waals surface area contributed by atoms with Gasteiger partial charge in [0, 0.05) is 0 Å². The number of hydrogen-bond acceptors (Lipinski definition) is 5. The Labute approximate surface area is 164 Å². The van der Waals surface area contributed by atoms with Gasteiger partial charge in [0.1, 0.15) is 24.4 Å². The summed E-state index contributed by atoms with van der Waals surface area (Å²) in [5.41, 5.74) is 1.16. The number of hydrogen-bond donors (Lipinski definition) is 0. The smallest absolute Gasteiger partial charge is 0.192 e. The van der Waals surface area contributed by atoms with Crippen LogP contribution in [-0.2, 0) is 30.0 Å². The van der Waals surface area contributed by atoms with Gasteiger partial charge in [-0.1, -0.05) is 51.1 Å². The molecule has 6 heteroatoms. The highest BCUT2D eigenvalue weighted by Crippen LogP contribution is 2.36. The van der Waals surface area contributed by atoms with E-state index < -0.39 is 8.32 Å². The van der Waals surface area contributed by atoms with E-state index >= 15 is 0 Å². The summed E-state index contributed by atoms with van der Waals surface area (Å²) >= 11 is 0. The van der Waals surface area contributed by atoms with Crippen molar-refractivity contribution in [2.24, 2.45) is 0 Å². The third-order valence-corrected chi connectivity index (χ3v) is 10.5. The van der Waals surface area contributed by atoms with E-state index in [1.54, 1.807) is 0 Å². The van der Waals surface area contributed by atoms with Crippen LogP contribution < -0.4 is 0 Å². The summed E-state index contributed by atoms with van der Waals surface area (Å²) in [4.78, 5) is 0. The average molecular weight is 395 g/mol. The van der Waals surface area contributed by atoms with Crippen molar-refractivity contribution in [3.05, 3.63) is 35.9 Å². The Morgan fingerprint density at radius 2 is 1.52 bits per heavy atom. The summed E-state index contributed by atoms with van der Waals surface area (Å²) in [6.07, 6.45) is -0.158. The van der Waals surface area contributed by atoms with E-state index in [1.165, 1.54) is 0 Å². The maximum Gasteiger partial charge on any atom is 0.192 e. The molecule has 2 aliphatic rings. The molecule has 0 bridgehead atoms. The summed E-state index contributed by atoms with van der Waals surface area (Å²) in [6.45, 7) is 14.1. The van der Waals surface area contributed by atoms with Crippen molar-refractivity contribution < 1.29 is 23.4 Å². The van der Waals surface area contributed by atoms with Crippen LogP contribution >= 0.6 is 0 Å². The minimum absolute atomic E-state index is 0.0349. The fraction of sp³-hybridized carbons (Fsp3) is 0.714. The molecular formula is C21H34O5Si. The molecule has 1 aromatic carbocycles. The Morgan fingerprint density at radius 3 is 2.11 bits per heavy atom. The predicted molar refractivity (Wildman–Crippen MR) is 107 cm³/mol. The van der Waals surface area contributed by atoms with Gasteiger partial charge >= 0.3 is 0 Å². The third-order valence-electron chi connectivity index (χ3n) is 5.95. The maximum atomic E-state index is 6.18. The molecule has 2 fully saturated rings. The van der Waals surface area contributed by atoms with Crippen LogP contribution in [0.1, 0.15) is 26.3 Å². The Balaban J connectivity index is 1.40. The molecule has 0 aromatic heterocycles. The zero-order valence-corrected chi connectivity index (χ0v) is 18.3. The molecule has 3 rings (SSSR count). The number of fused-ring (bicyclic) bond motifs is 1. The zero-order valence-electron chi connectivity index (χ0n) is 17.3. The lowest BCUT2D eigenvalue weighted by Gasteiger charge is -2.36. The monoisotopic (exact) mass is 394 g/mol. The first kappa shape index (κ1) is 21.0. The molecule has 2 saturated heterocycles. The minimum Gasteiger partial charge on any atom is -0.414 e. The van der Waals surface area contributed by atoms with Crippen LogP contribution in [-0.4, -0.2) is 59.2 Å². The van der Waals surface area contributed by atoms with Gasteiger partial charge in [-0.2, -0.15) is 0 Å². The largest absolute Gasteiger partial charge is 0.414 e. The second-order valence-electron chi connectivity index (χ2n) is 8.95. The molecule has 2 heterocycles. The SMILES string of the molecule is CC(C)(C)[Si](C)(C)OCCO[C@H]1CO[C@H]2[C@@H]1OC[C@H]2OCc1ccccc1. The number of ether oxygens (including phenoxy) is 4. The molecule has 0 amide bonds. The molecule has 0 saturated carbocycles. The Bertz CT molecular complexity index is 586. The highest BCUT2D eigenvalue weighted by molar-refractivity contribution is 6.74. The van der Waals surface area contributed by atoms with Gasteiger partial charge in [0.15, 0.2) is 8.32 Å². The van der Waals surface area contributed by atoms with Crippen LogP contribution in [0, 0.1) is 0 Å². The Hall–Kier alpha value is -0.763. The van der Waals surface area contributed by atoms with Crippen LogP contribution in [0.5, 0.6) is 0 Å². The fourth-order valence-corrected chi connectivity index (χ4v) is 4.23. The summed E-state index contributed by atoms with van der Waals surface area (Å²) in [6, 6.07) is 10.2. The van der Waals surface area contributed by atoms with E-state index in [9.17, 15) is 0 Å². The van der Waals surface area contributed by atoms with E-state index in [2.05, 4.69) is 46.0 Å². The van der Waals surface area contributed by atoms with Gasteiger partial charge in [-0.25, -0.2) is 0 Å². The normalized spacial score (nSPS) is 28.5. The third kappa shape index (κ3) is 5.19. The molecule has 2 aliphatic heterocycles. The second kappa shape index (κ2) is 8.72. The predicted octanol–water partition coefficient (Wildman–Crippen LogP) is 3.78. The van der Waals surface area contributed by atoms with Crippen LogP contribution in [0.15, 0.2) is 30.3 Å². The lowest BCUT2D eigenvalue weighted by atomic mass is 10.1. The van der Waals surface area contributed by atoms with E-state index in [1.807, 2.05) is 18.2 Å². The first-order chi connectivity index (χ1) is 12.8. The van der Waals surface area contributed by atoms with E-state index in [4.69, 9.17) is 23.4 Å². The average Bonchev–Trinajstić information content (AvgIpc) is 3.19. The van der Waals surface area contributed by atoms with Crippen molar-refractivity contribution in [1.29, 1.82) is 0 Å². The van der Waals surface area contributed by atoms with Gasteiger partial charge in [-0.05, 0) is 23.7 Å².